The van der Waals surface area contributed by atoms with E-state index in [2.05, 4.69) is 33.4 Å². The Bertz CT molecular complexity index is 724. The second kappa shape index (κ2) is 8.55. The predicted molar refractivity (Wildman–Crippen MR) is 94.6 cm³/mol. The minimum absolute atomic E-state index is 0.0750. The topological polar surface area (TPSA) is 80.9 Å². The summed E-state index contributed by atoms with van der Waals surface area (Å²) in [6.45, 7) is 2.06. The molecule has 0 saturated heterocycles. The molecule has 0 bridgehead atoms. The predicted octanol–water partition coefficient (Wildman–Crippen LogP) is 3.46. The molecule has 2 aromatic rings. The summed E-state index contributed by atoms with van der Waals surface area (Å²) < 4.78 is 5.25. The van der Waals surface area contributed by atoms with E-state index in [4.69, 9.17) is 4.52 Å². The zero-order valence-electron chi connectivity index (χ0n) is 14.6. The Labute approximate surface area is 147 Å². The van der Waals surface area contributed by atoms with Crippen molar-refractivity contribution in [2.75, 3.05) is 0 Å². The van der Waals surface area contributed by atoms with Gasteiger partial charge >= 0.3 is 0 Å². The molecule has 0 unspecified atom stereocenters. The quantitative estimate of drug-likeness (QED) is 0.781. The van der Waals surface area contributed by atoms with Crippen LogP contribution in [0.1, 0.15) is 51.3 Å². The van der Waals surface area contributed by atoms with E-state index in [0.717, 1.165) is 18.4 Å². The van der Waals surface area contributed by atoms with E-state index in [-0.39, 0.29) is 11.9 Å². The molecule has 1 atom stereocenters. The van der Waals surface area contributed by atoms with Gasteiger partial charge in [0.05, 0.1) is 0 Å². The molecule has 1 N–H and O–H groups in total. The van der Waals surface area contributed by atoms with Crippen LogP contribution < -0.4 is 5.32 Å². The lowest BCUT2D eigenvalue weighted by Gasteiger charge is -2.20. The molecule has 2 heterocycles. The monoisotopic (exact) mass is 340 g/mol. The highest BCUT2D eigenvalue weighted by molar-refractivity contribution is 5.76. The Balaban J connectivity index is 1.43. The van der Waals surface area contributed by atoms with E-state index >= 15 is 0 Å². The van der Waals surface area contributed by atoms with Crippen molar-refractivity contribution in [1.82, 2.24) is 20.4 Å². The van der Waals surface area contributed by atoms with Crippen LogP contribution in [0.4, 0.5) is 0 Å². The summed E-state index contributed by atoms with van der Waals surface area (Å²) in [6.07, 6.45) is 12.1. The third-order valence-electron chi connectivity index (χ3n) is 4.44. The van der Waals surface area contributed by atoms with Gasteiger partial charge < -0.3 is 9.84 Å². The normalized spacial score (nSPS) is 15.5. The van der Waals surface area contributed by atoms with Crippen molar-refractivity contribution in [2.24, 2.45) is 0 Å². The molecule has 0 radical (unpaired) electrons. The number of nitrogens with zero attached hydrogens (tertiary/aromatic N) is 3. The van der Waals surface area contributed by atoms with Gasteiger partial charge in [0.1, 0.15) is 0 Å². The first-order valence-electron chi connectivity index (χ1n) is 8.93. The third kappa shape index (κ3) is 4.98. The number of aryl methyl sites for hydroxylation is 1. The van der Waals surface area contributed by atoms with Gasteiger partial charge in [-0.1, -0.05) is 16.8 Å². The van der Waals surface area contributed by atoms with Crippen molar-refractivity contribution in [2.45, 2.75) is 57.9 Å². The molecule has 0 aliphatic heterocycles. The van der Waals surface area contributed by atoms with Crippen LogP contribution in [-0.2, 0) is 11.2 Å². The van der Waals surface area contributed by atoms with Gasteiger partial charge in [0.15, 0.2) is 0 Å². The maximum Gasteiger partial charge on any atom is 0.226 e. The third-order valence-corrected chi connectivity index (χ3v) is 4.44. The standard InChI is InChI=1S/C19H24N4O2/c1-14(15-7-3-2-4-8-15)21-17(24)10-5-11-18-22-19(23-25-18)16-9-6-12-20-13-16/h6-7,9,12-14H,2-5,8,10-11H2,1H3,(H,21,24)/t14-/m0/s1. The van der Waals surface area contributed by atoms with Gasteiger partial charge in [0, 0.05) is 36.8 Å². The first-order valence-corrected chi connectivity index (χ1v) is 8.93. The largest absolute Gasteiger partial charge is 0.350 e. The number of pyridine rings is 1. The number of amides is 1. The van der Waals surface area contributed by atoms with E-state index in [1.165, 1.54) is 18.4 Å². The zero-order chi connectivity index (χ0) is 17.5. The molecule has 1 aliphatic rings. The number of hydrogen-bond acceptors (Lipinski definition) is 5. The van der Waals surface area contributed by atoms with E-state index in [9.17, 15) is 4.79 Å². The highest BCUT2D eigenvalue weighted by Crippen LogP contribution is 2.20. The van der Waals surface area contributed by atoms with Crippen LogP contribution in [-0.4, -0.2) is 27.1 Å². The Morgan fingerprint density at radius 1 is 1.40 bits per heavy atom. The second-order valence-corrected chi connectivity index (χ2v) is 6.42. The Morgan fingerprint density at radius 2 is 2.32 bits per heavy atom. The molecule has 0 saturated carbocycles. The average molecular weight is 340 g/mol. The van der Waals surface area contributed by atoms with Crippen molar-refractivity contribution >= 4 is 5.91 Å². The SMILES string of the molecule is C[C@H](NC(=O)CCCc1nc(-c2cccnc2)no1)C1=CCCCC1. The highest BCUT2D eigenvalue weighted by atomic mass is 16.5. The van der Waals surface area contributed by atoms with Crippen molar-refractivity contribution < 1.29 is 9.32 Å². The lowest BCUT2D eigenvalue weighted by atomic mass is 9.94. The molecule has 3 rings (SSSR count). The van der Waals surface area contributed by atoms with Gasteiger partial charge in [-0.05, 0) is 51.2 Å². The fourth-order valence-electron chi connectivity index (χ4n) is 3.03. The van der Waals surface area contributed by atoms with Crippen molar-refractivity contribution in [3.8, 4) is 11.4 Å². The molecule has 6 heteroatoms. The molecule has 0 fully saturated rings. The van der Waals surface area contributed by atoms with Crippen molar-refractivity contribution in [3.05, 3.63) is 42.1 Å². The number of hydrogen-bond donors (Lipinski definition) is 1. The van der Waals surface area contributed by atoms with E-state index < -0.39 is 0 Å². The van der Waals surface area contributed by atoms with Gasteiger partial charge in [0.25, 0.3) is 0 Å². The fraction of sp³-hybridized carbons (Fsp3) is 0.474. The molecule has 6 nitrogen and oxygen atoms in total. The summed E-state index contributed by atoms with van der Waals surface area (Å²) in [5.74, 6) is 1.16. The van der Waals surface area contributed by atoms with Crippen LogP contribution in [0, 0.1) is 0 Å². The number of allylic oxidation sites excluding steroid dienone is 1. The summed E-state index contributed by atoms with van der Waals surface area (Å²) in [6, 6.07) is 3.85. The van der Waals surface area contributed by atoms with Crippen molar-refractivity contribution in [3.63, 3.8) is 0 Å². The molecule has 0 spiro atoms. The number of carbonyl (C=O) groups excluding carboxylic acids is 1. The van der Waals surface area contributed by atoms with Crippen LogP contribution in [0.15, 0.2) is 40.7 Å². The Hall–Kier alpha value is -2.50. The maximum absolute atomic E-state index is 12.1. The van der Waals surface area contributed by atoms with Gasteiger partial charge in [0.2, 0.25) is 17.6 Å². The molecule has 0 aromatic carbocycles. The molecular weight excluding hydrogens is 316 g/mol. The minimum Gasteiger partial charge on any atom is -0.350 e. The Morgan fingerprint density at radius 3 is 3.08 bits per heavy atom. The van der Waals surface area contributed by atoms with Gasteiger partial charge in [-0.15, -0.1) is 0 Å². The van der Waals surface area contributed by atoms with Gasteiger partial charge in [-0.25, -0.2) is 0 Å². The summed E-state index contributed by atoms with van der Waals surface area (Å²) in [5, 5.41) is 7.04. The smallest absolute Gasteiger partial charge is 0.226 e. The van der Waals surface area contributed by atoms with Crippen molar-refractivity contribution in [1.29, 1.82) is 0 Å². The summed E-state index contributed by atoms with van der Waals surface area (Å²) >= 11 is 0. The number of carbonyl (C=O) groups is 1. The van der Waals surface area contributed by atoms with Gasteiger partial charge in [-0.3, -0.25) is 9.78 Å². The van der Waals surface area contributed by atoms with Crippen LogP contribution in [0.3, 0.4) is 0 Å². The minimum atomic E-state index is 0.0750. The first-order chi connectivity index (χ1) is 12.2. The number of rotatable bonds is 7. The molecule has 2 aromatic heterocycles. The molecule has 1 aliphatic carbocycles. The summed E-state index contributed by atoms with van der Waals surface area (Å²) in [4.78, 5) is 20.5. The molecule has 132 valence electrons. The first kappa shape index (κ1) is 17.3. The van der Waals surface area contributed by atoms with Crippen LogP contribution in [0.5, 0.6) is 0 Å². The zero-order valence-corrected chi connectivity index (χ0v) is 14.6. The number of nitrogens with one attached hydrogen (secondary N) is 1. The number of aromatic nitrogens is 3. The summed E-state index contributed by atoms with van der Waals surface area (Å²) in [5.41, 5.74) is 2.18. The highest BCUT2D eigenvalue weighted by Gasteiger charge is 2.14. The van der Waals surface area contributed by atoms with E-state index in [1.54, 1.807) is 12.4 Å². The average Bonchev–Trinajstić information content (AvgIpc) is 3.12. The molecular formula is C19H24N4O2. The summed E-state index contributed by atoms with van der Waals surface area (Å²) in [7, 11) is 0. The van der Waals surface area contributed by atoms with Gasteiger partial charge in [-0.2, -0.15) is 4.98 Å². The van der Waals surface area contributed by atoms with Crippen LogP contribution in [0.2, 0.25) is 0 Å². The molecule has 25 heavy (non-hydrogen) atoms. The fourth-order valence-corrected chi connectivity index (χ4v) is 3.03. The maximum atomic E-state index is 12.1. The van der Waals surface area contributed by atoms with E-state index in [0.29, 0.717) is 31.0 Å². The second-order valence-electron chi connectivity index (χ2n) is 6.42. The Kier molecular flexibility index (Phi) is 5.93. The lowest BCUT2D eigenvalue weighted by molar-refractivity contribution is -0.121. The van der Waals surface area contributed by atoms with Crippen LogP contribution >= 0.6 is 0 Å². The van der Waals surface area contributed by atoms with E-state index in [1.807, 2.05) is 12.1 Å². The molecule has 1 amide bonds. The lowest BCUT2D eigenvalue weighted by Crippen LogP contribution is -2.34. The van der Waals surface area contributed by atoms with Crippen LogP contribution in [0.25, 0.3) is 11.4 Å².